The van der Waals surface area contributed by atoms with Crippen molar-refractivity contribution in [1.82, 2.24) is 9.97 Å². The van der Waals surface area contributed by atoms with Crippen LogP contribution in [-0.2, 0) is 16.0 Å². The van der Waals surface area contributed by atoms with Crippen molar-refractivity contribution in [2.24, 2.45) is 0 Å². The van der Waals surface area contributed by atoms with E-state index in [4.69, 9.17) is 14.7 Å². The monoisotopic (exact) mass is 423 g/mol. The number of nitrogens with zero attached hydrogens (tertiary/aromatic N) is 3. The minimum Gasteiger partial charge on any atom is -0.485 e. The number of rotatable bonds is 9. The standard InChI is InChI=1S/C22H21N3O4S/c1-3-28-18(22(26)27)12-15-4-6-17(7-5-15)29-14(2)19-8-9-20(30-19)21-24-11-10-16(13-23)25-21/h4-11,14,18H,3,12H2,1-2H3,(H,26,27). The number of hydrogen-bond donors (Lipinski definition) is 1. The Balaban J connectivity index is 1.65. The lowest BCUT2D eigenvalue weighted by molar-refractivity contribution is -0.149. The number of ether oxygens (including phenoxy) is 2. The number of aliphatic carboxylic acids is 1. The molecule has 30 heavy (non-hydrogen) atoms. The van der Waals surface area contributed by atoms with Gasteiger partial charge in [0.05, 0.1) is 4.88 Å². The normalized spacial score (nSPS) is 12.7. The van der Waals surface area contributed by atoms with Gasteiger partial charge in [-0.25, -0.2) is 14.8 Å². The zero-order valence-corrected chi connectivity index (χ0v) is 17.4. The van der Waals surface area contributed by atoms with E-state index in [0.717, 1.165) is 15.3 Å². The van der Waals surface area contributed by atoms with Crippen LogP contribution in [0.25, 0.3) is 10.7 Å². The van der Waals surface area contributed by atoms with Crippen molar-refractivity contribution < 1.29 is 19.4 Å². The van der Waals surface area contributed by atoms with E-state index in [-0.39, 0.29) is 6.10 Å². The van der Waals surface area contributed by atoms with Gasteiger partial charge in [-0.15, -0.1) is 11.3 Å². The second-order valence-electron chi connectivity index (χ2n) is 6.47. The molecule has 2 unspecified atom stereocenters. The Bertz CT molecular complexity index is 1040. The van der Waals surface area contributed by atoms with E-state index in [1.54, 1.807) is 19.2 Å². The van der Waals surface area contributed by atoms with E-state index in [1.807, 2.05) is 49.4 Å². The molecule has 3 aromatic rings. The minimum absolute atomic E-state index is 0.191. The van der Waals surface area contributed by atoms with Gasteiger partial charge in [0.2, 0.25) is 0 Å². The molecule has 0 amide bonds. The average molecular weight is 423 g/mol. The third kappa shape index (κ3) is 5.41. The Labute approximate surface area is 178 Å². The van der Waals surface area contributed by atoms with Crippen LogP contribution in [0.3, 0.4) is 0 Å². The summed E-state index contributed by atoms with van der Waals surface area (Å²) >= 11 is 1.51. The van der Waals surface area contributed by atoms with Gasteiger partial charge >= 0.3 is 5.97 Å². The van der Waals surface area contributed by atoms with Crippen molar-refractivity contribution >= 4 is 17.3 Å². The molecule has 0 fully saturated rings. The van der Waals surface area contributed by atoms with Gasteiger partial charge < -0.3 is 14.6 Å². The topological polar surface area (TPSA) is 105 Å². The number of nitriles is 1. The van der Waals surface area contributed by atoms with E-state index in [9.17, 15) is 9.90 Å². The predicted octanol–water partition coefficient (Wildman–Crippen LogP) is 4.25. The van der Waals surface area contributed by atoms with Crippen molar-refractivity contribution in [3.63, 3.8) is 0 Å². The first-order valence-corrected chi connectivity index (χ1v) is 10.2. The maximum absolute atomic E-state index is 11.2. The van der Waals surface area contributed by atoms with Crippen molar-refractivity contribution in [2.75, 3.05) is 6.61 Å². The third-order valence-corrected chi connectivity index (χ3v) is 5.56. The molecule has 0 aliphatic carbocycles. The highest BCUT2D eigenvalue weighted by Crippen LogP contribution is 2.32. The van der Waals surface area contributed by atoms with Crippen LogP contribution in [0.1, 0.15) is 36.1 Å². The first-order valence-electron chi connectivity index (χ1n) is 9.43. The van der Waals surface area contributed by atoms with Gasteiger partial charge in [0, 0.05) is 24.1 Å². The Hall–Kier alpha value is -3.28. The number of carboxylic acids is 1. The molecule has 0 saturated carbocycles. The Morgan fingerprint density at radius 3 is 2.67 bits per heavy atom. The molecule has 3 rings (SSSR count). The molecule has 0 aliphatic heterocycles. The number of thiophene rings is 1. The first kappa shape index (κ1) is 21.4. The molecule has 7 nitrogen and oxygen atoms in total. The summed E-state index contributed by atoms with van der Waals surface area (Å²) in [6.45, 7) is 4.08. The van der Waals surface area contributed by atoms with Gasteiger partial charge in [0.1, 0.15) is 23.6 Å². The number of carbonyl (C=O) groups is 1. The smallest absolute Gasteiger partial charge is 0.333 e. The van der Waals surface area contributed by atoms with Crippen LogP contribution in [0, 0.1) is 11.3 Å². The molecule has 1 aromatic carbocycles. The molecular weight excluding hydrogens is 402 g/mol. The lowest BCUT2D eigenvalue weighted by Crippen LogP contribution is -2.26. The zero-order valence-electron chi connectivity index (χ0n) is 16.6. The lowest BCUT2D eigenvalue weighted by Gasteiger charge is -2.15. The van der Waals surface area contributed by atoms with Gasteiger partial charge in [-0.1, -0.05) is 12.1 Å². The summed E-state index contributed by atoms with van der Waals surface area (Å²) in [5, 5.41) is 18.2. The molecule has 0 spiro atoms. The van der Waals surface area contributed by atoms with Crippen LogP contribution in [0.4, 0.5) is 0 Å². The van der Waals surface area contributed by atoms with E-state index in [1.165, 1.54) is 11.3 Å². The van der Waals surface area contributed by atoms with Gasteiger partial charge in [-0.3, -0.25) is 0 Å². The van der Waals surface area contributed by atoms with Gasteiger partial charge in [0.25, 0.3) is 0 Å². The lowest BCUT2D eigenvalue weighted by atomic mass is 10.1. The highest BCUT2D eigenvalue weighted by molar-refractivity contribution is 7.15. The molecule has 2 heterocycles. The molecule has 154 valence electrons. The van der Waals surface area contributed by atoms with Crippen LogP contribution < -0.4 is 4.74 Å². The SMILES string of the molecule is CCOC(Cc1ccc(OC(C)c2ccc(-c3nccc(C#N)n3)s2)cc1)C(=O)O. The third-order valence-electron chi connectivity index (χ3n) is 4.32. The van der Waals surface area contributed by atoms with Crippen LogP contribution >= 0.6 is 11.3 Å². The minimum atomic E-state index is -0.969. The van der Waals surface area contributed by atoms with Crippen LogP contribution in [-0.4, -0.2) is 33.8 Å². The quantitative estimate of drug-likeness (QED) is 0.548. The van der Waals surface area contributed by atoms with Gasteiger partial charge in [-0.05, 0) is 49.7 Å². The molecular formula is C22H21N3O4S. The summed E-state index contributed by atoms with van der Waals surface area (Å²) in [6.07, 6.45) is 0.827. The highest BCUT2D eigenvalue weighted by Gasteiger charge is 2.18. The summed E-state index contributed by atoms with van der Waals surface area (Å²) < 4.78 is 11.3. The average Bonchev–Trinajstić information content (AvgIpc) is 3.25. The number of aromatic nitrogens is 2. The molecule has 0 saturated heterocycles. The fourth-order valence-corrected chi connectivity index (χ4v) is 3.76. The molecule has 8 heteroatoms. The highest BCUT2D eigenvalue weighted by atomic mass is 32.1. The molecule has 1 N–H and O–H groups in total. The van der Waals surface area contributed by atoms with E-state index < -0.39 is 12.1 Å². The molecule has 0 aliphatic rings. The second kappa shape index (κ2) is 9.96. The summed E-state index contributed by atoms with van der Waals surface area (Å²) in [4.78, 5) is 21.5. The molecule has 2 atom stereocenters. The van der Waals surface area contributed by atoms with E-state index in [2.05, 4.69) is 9.97 Å². The fraction of sp³-hybridized carbons (Fsp3) is 0.273. The number of hydrogen-bond acceptors (Lipinski definition) is 7. The van der Waals surface area contributed by atoms with Gasteiger partial charge in [-0.2, -0.15) is 5.26 Å². The number of carboxylic acid groups (broad SMARTS) is 1. The summed E-state index contributed by atoms with van der Waals surface area (Å²) in [6, 6.07) is 14.8. The maximum Gasteiger partial charge on any atom is 0.333 e. The maximum atomic E-state index is 11.2. The Morgan fingerprint density at radius 1 is 1.23 bits per heavy atom. The fourth-order valence-electron chi connectivity index (χ4n) is 2.83. The van der Waals surface area contributed by atoms with E-state index in [0.29, 0.717) is 30.3 Å². The second-order valence-corrected chi connectivity index (χ2v) is 7.59. The van der Waals surface area contributed by atoms with Crippen molar-refractivity contribution in [2.45, 2.75) is 32.5 Å². The summed E-state index contributed by atoms with van der Waals surface area (Å²) in [5.41, 5.74) is 1.19. The van der Waals surface area contributed by atoms with Crippen LogP contribution in [0.15, 0.2) is 48.7 Å². The van der Waals surface area contributed by atoms with Crippen molar-refractivity contribution in [3.05, 3.63) is 64.8 Å². The van der Waals surface area contributed by atoms with E-state index >= 15 is 0 Å². The molecule has 2 aromatic heterocycles. The summed E-state index contributed by atoms with van der Waals surface area (Å²) in [5.74, 6) is 0.236. The Kier molecular flexibility index (Phi) is 7.12. The number of benzene rings is 1. The summed E-state index contributed by atoms with van der Waals surface area (Å²) in [7, 11) is 0. The van der Waals surface area contributed by atoms with Crippen molar-refractivity contribution in [3.8, 4) is 22.5 Å². The molecule has 0 radical (unpaired) electrons. The predicted molar refractivity (Wildman–Crippen MR) is 112 cm³/mol. The Morgan fingerprint density at radius 2 is 2.00 bits per heavy atom. The van der Waals surface area contributed by atoms with Gasteiger partial charge in [0.15, 0.2) is 11.9 Å². The van der Waals surface area contributed by atoms with Crippen LogP contribution in [0.5, 0.6) is 5.75 Å². The zero-order chi connectivity index (χ0) is 21.5. The first-order chi connectivity index (χ1) is 14.5. The largest absolute Gasteiger partial charge is 0.485 e. The van der Waals surface area contributed by atoms with Crippen molar-refractivity contribution in [1.29, 1.82) is 5.26 Å². The van der Waals surface area contributed by atoms with Crippen LogP contribution in [0.2, 0.25) is 0 Å². The molecule has 0 bridgehead atoms.